The standard InChI is InChI=1S/C16H28N2O7.C10H20N2O.C3H6O4/c1-14(2)15(3,4)17(9(19)11(21)24-7)13(23)18(16(14,5)6)10(20)12(22)25-8;1-8(2)9(3,4)11-7(13)12-10(8,5)6;1-7-3(6)2(4)5/h9-10,19-20H,1-8H3;1-6H3,(H2,11,12,13);2,4-5H,1H3. The highest BCUT2D eigenvalue weighted by atomic mass is 16.6. The molecule has 2 heterocycles. The fourth-order valence-electron chi connectivity index (χ4n) is 4.99. The van der Waals surface area contributed by atoms with Crippen molar-refractivity contribution in [3.63, 3.8) is 0 Å². The number of ether oxygens (including phenoxy) is 3. The van der Waals surface area contributed by atoms with Gasteiger partial charge in [0.2, 0.25) is 12.5 Å². The highest BCUT2D eigenvalue weighted by Crippen LogP contribution is 2.52. The summed E-state index contributed by atoms with van der Waals surface area (Å²) in [6.45, 7) is 23.0. The molecule has 16 heteroatoms. The van der Waals surface area contributed by atoms with Gasteiger partial charge in [0.15, 0.2) is 0 Å². The molecule has 0 radical (unpaired) electrons. The summed E-state index contributed by atoms with van der Waals surface area (Å²) in [5.41, 5.74) is -3.18. The molecule has 0 bridgehead atoms. The van der Waals surface area contributed by atoms with Crippen molar-refractivity contribution in [2.24, 2.45) is 10.8 Å². The zero-order valence-electron chi connectivity index (χ0n) is 29.2. The van der Waals surface area contributed by atoms with E-state index in [1.54, 1.807) is 27.7 Å². The number of carbonyl (C=O) groups excluding carboxylic acids is 5. The Labute approximate surface area is 265 Å². The second-order valence-corrected chi connectivity index (χ2v) is 13.9. The molecule has 2 aliphatic heterocycles. The molecule has 2 aliphatic rings. The first-order valence-corrected chi connectivity index (χ1v) is 14.2. The number of nitrogens with one attached hydrogen (secondary N) is 2. The first-order valence-electron chi connectivity index (χ1n) is 14.2. The maximum absolute atomic E-state index is 13.1. The van der Waals surface area contributed by atoms with E-state index in [0.29, 0.717) is 0 Å². The summed E-state index contributed by atoms with van der Waals surface area (Å²) in [4.78, 5) is 59.7. The lowest BCUT2D eigenvalue weighted by atomic mass is 9.59. The van der Waals surface area contributed by atoms with E-state index >= 15 is 0 Å². The summed E-state index contributed by atoms with van der Waals surface area (Å²) < 4.78 is 12.9. The number of urea groups is 2. The number of carbonyl (C=O) groups is 5. The molecule has 4 amide bonds. The molecule has 45 heavy (non-hydrogen) atoms. The van der Waals surface area contributed by atoms with Gasteiger partial charge in [-0.1, -0.05) is 27.7 Å². The van der Waals surface area contributed by atoms with Crippen molar-refractivity contribution < 1.29 is 58.6 Å². The Kier molecular flexibility index (Phi) is 13.1. The lowest BCUT2D eigenvalue weighted by molar-refractivity contribution is -0.206. The topological polar surface area (TPSA) is 224 Å². The zero-order valence-corrected chi connectivity index (χ0v) is 29.2. The highest BCUT2D eigenvalue weighted by Gasteiger charge is 2.64. The van der Waals surface area contributed by atoms with Gasteiger partial charge in [-0.15, -0.1) is 0 Å². The molecule has 6 N–H and O–H groups in total. The molecule has 2 saturated heterocycles. The maximum Gasteiger partial charge on any atom is 0.362 e. The molecule has 2 rings (SSSR count). The van der Waals surface area contributed by atoms with Crippen LogP contribution >= 0.6 is 0 Å². The molecule has 0 saturated carbocycles. The van der Waals surface area contributed by atoms with Gasteiger partial charge >= 0.3 is 30.0 Å². The second kappa shape index (κ2) is 14.1. The Hall–Kier alpha value is -3.21. The SMILES string of the molecule is CC1(C)NC(=O)NC(C)(C)C1(C)C.COC(=O)C(O)N1C(=O)N(C(O)C(=O)OC)C(C)(C)C(C)(C)C1(C)C.COC(=O)C(O)O. The fraction of sp³-hybridized carbons (Fsp3) is 0.828. The van der Waals surface area contributed by atoms with E-state index in [9.17, 15) is 34.2 Å². The van der Waals surface area contributed by atoms with Crippen LogP contribution in [0.4, 0.5) is 9.59 Å². The van der Waals surface area contributed by atoms with Gasteiger partial charge in [-0.2, -0.15) is 0 Å². The van der Waals surface area contributed by atoms with Crippen LogP contribution in [-0.4, -0.2) is 122 Å². The van der Waals surface area contributed by atoms with Crippen molar-refractivity contribution in [1.82, 2.24) is 20.4 Å². The van der Waals surface area contributed by atoms with E-state index < -0.39 is 59.2 Å². The van der Waals surface area contributed by atoms with E-state index in [0.717, 1.165) is 31.1 Å². The second-order valence-electron chi connectivity index (χ2n) is 13.9. The predicted molar refractivity (Wildman–Crippen MR) is 161 cm³/mol. The molecule has 16 nitrogen and oxygen atoms in total. The number of esters is 3. The van der Waals surface area contributed by atoms with E-state index in [1.165, 1.54) is 0 Å². The van der Waals surface area contributed by atoms with Gasteiger partial charge < -0.3 is 45.3 Å². The molecule has 262 valence electrons. The Morgan fingerprint density at radius 1 is 0.578 bits per heavy atom. The summed E-state index contributed by atoms with van der Waals surface area (Å²) in [6.07, 6.45) is -5.78. The molecule has 0 spiro atoms. The van der Waals surface area contributed by atoms with Gasteiger partial charge in [0.1, 0.15) is 0 Å². The average Bonchev–Trinajstić information content (AvgIpc) is 2.89. The number of methoxy groups -OCH3 is 3. The van der Waals surface area contributed by atoms with Crippen molar-refractivity contribution >= 4 is 30.0 Å². The molecule has 0 aromatic rings. The van der Waals surface area contributed by atoms with Crippen LogP contribution in [0.3, 0.4) is 0 Å². The van der Waals surface area contributed by atoms with Crippen LogP contribution < -0.4 is 10.6 Å². The van der Waals surface area contributed by atoms with E-state index in [2.05, 4.69) is 66.4 Å². The third kappa shape index (κ3) is 7.79. The first kappa shape index (κ1) is 41.8. The van der Waals surface area contributed by atoms with Gasteiger partial charge in [-0.25, -0.2) is 24.0 Å². The Morgan fingerprint density at radius 3 is 1.09 bits per heavy atom. The van der Waals surface area contributed by atoms with Crippen LogP contribution in [0.15, 0.2) is 0 Å². The van der Waals surface area contributed by atoms with Crippen LogP contribution in [0.2, 0.25) is 0 Å². The Morgan fingerprint density at radius 2 is 0.867 bits per heavy atom. The summed E-state index contributed by atoms with van der Waals surface area (Å²) >= 11 is 0. The largest absolute Gasteiger partial charge is 0.466 e. The van der Waals surface area contributed by atoms with Gasteiger partial charge in [-0.3, -0.25) is 9.80 Å². The monoisotopic (exact) mass is 650 g/mol. The zero-order chi connectivity index (χ0) is 36.3. The number of hydrogen-bond acceptors (Lipinski definition) is 12. The van der Waals surface area contributed by atoms with E-state index in [1.807, 2.05) is 13.8 Å². The number of aliphatic hydroxyl groups is 4. The number of hydrogen-bond donors (Lipinski definition) is 6. The average molecular weight is 651 g/mol. The van der Waals surface area contributed by atoms with Gasteiger partial charge in [-0.05, 0) is 55.4 Å². The molecule has 2 atom stereocenters. The third-order valence-electron chi connectivity index (χ3n) is 10.4. The Balaban J connectivity index is 0.000000798. The van der Waals surface area contributed by atoms with Crippen LogP contribution in [0, 0.1) is 10.8 Å². The number of rotatable bonds is 5. The summed E-state index contributed by atoms with van der Waals surface area (Å²) in [7, 11) is 3.24. The van der Waals surface area contributed by atoms with Crippen LogP contribution in [0.25, 0.3) is 0 Å². The fourth-order valence-corrected chi connectivity index (χ4v) is 4.99. The lowest BCUT2D eigenvalue weighted by Gasteiger charge is -2.65. The van der Waals surface area contributed by atoms with Gasteiger partial charge in [0.25, 0.3) is 6.29 Å². The van der Waals surface area contributed by atoms with E-state index in [-0.39, 0.29) is 22.5 Å². The predicted octanol–water partition coefficient (Wildman–Crippen LogP) is 0.643. The third-order valence-corrected chi connectivity index (χ3v) is 10.4. The van der Waals surface area contributed by atoms with Crippen LogP contribution in [0.1, 0.15) is 83.1 Å². The van der Waals surface area contributed by atoms with Crippen molar-refractivity contribution in [2.75, 3.05) is 21.3 Å². The molecular weight excluding hydrogens is 596 g/mol. The minimum Gasteiger partial charge on any atom is -0.466 e. The molecular formula is C29H54N4O12. The van der Waals surface area contributed by atoms with Crippen LogP contribution in [0.5, 0.6) is 0 Å². The van der Waals surface area contributed by atoms with E-state index in [4.69, 9.17) is 10.2 Å². The minimum absolute atomic E-state index is 0.00785. The molecule has 2 fully saturated rings. The van der Waals surface area contributed by atoms with Crippen LogP contribution in [-0.2, 0) is 28.6 Å². The Bertz CT molecular complexity index is 1050. The summed E-state index contributed by atoms with van der Waals surface area (Å²) in [5.74, 6) is -3.09. The minimum atomic E-state index is -2.00. The normalized spacial score (nSPS) is 22.9. The summed E-state index contributed by atoms with van der Waals surface area (Å²) in [6, 6.07) is -0.959. The van der Waals surface area contributed by atoms with Crippen molar-refractivity contribution in [3.05, 3.63) is 0 Å². The number of aliphatic hydroxyl groups excluding tert-OH is 3. The smallest absolute Gasteiger partial charge is 0.362 e. The molecule has 0 aromatic carbocycles. The van der Waals surface area contributed by atoms with Crippen molar-refractivity contribution in [1.29, 1.82) is 0 Å². The lowest BCUT2D eigenvalue weighted by Crippen LogP contribution is -2.80. The molecule has 2 unspecified atom stereocenters. The number of nitrogens with zero attached hydrogens (tertiary/aromatic N) is 2. The summed E-state index contributed by atoms with van der Waals surface area (Å²) in [5, 5.41) is 42.4. The molecule has 0 aliphatic carbocycles. The maximum atomic E-state index is 13.1. The van der Waals surface area contributed by atoms with Crippen molar-refractivity contribution in [2.45, 2.75) is 124 Å². The first-order chi connectivity index (χ1) is 20.0. The highest BCUT2D eigenvalue weighted by molar-refractivity contribution is 5.88. The number of amides is 4. The van der Waals surface area contributed by atoms with Gasteiger partial charge in [0.05, 0.1) is 21.3 Å². The van der Waals surface area contributed by atoms with Gasteiger partial charge in [0, 0.05) is 33.0 Å². The van der Waals surface area contributed by atoms with Crippen molar-refractivity contribution in [3.8, 4) is 0 Å². The quantitative estimate of drug-likeness (QED) is 0.137. The molecule has 0 aromatic heterocycles.